The Kier molecular flexibility index (Phi) is 6.86. The van der Waals surface area contributed by atoms with Crippen molar-refractivity contribution in [1.82, 2.24) is 5.32 Å². The van der Waals surface area contributed by atoms with E-state index in [-0.39, 0.29) is 27.9 Å². The molecule has 6 nitrogen and oxygen atoms in total. The third kappa shape index (κ3) is 4.35. The lowest BCUT2D eigenvalue weighted by Gasteiger charge is -2.60. The monoisotopic (exact) mass is 516 g/mol. The van der Waals surface area contributed by atoms with Crippen LogP contribution in [-0.2, 0) is 18.9 Å². The standard InChI is InChI=1S/C29H48N2O4Si/c1-27(2,3)36(5,6)34-18-29-13-9-19(31-35-20-11-14-30-17-20)15-24(29)25(32)16-21-22-7-8-26(33)28(22,4)12-10-23(21)29/h20-24,30H,7-18H2,1-6H3/t20?,21?,22?,23?,24-,28+,29+/m1/s1. The van der Waals surface area contributed by atoms with E-state index in [2.05, 4.69) is 51.3 Å². The third-order valence-corrected chi connectivity index (χ3v) is 16.1. The smallest absolute Gasteiger partial charge is 0.192 e. The van der Waals surface area contributed by atoms with E-state index in [1.54, 1.807) is 0 Å². The number of rotatable bonds is 5. The highest BCUT2D eigenvalue weighted by atomic mass is 28.4. The van der Waals surface area contributed by atoms with Crippen molar-refractivity contribution in [3.8, 4) is 0 Å². The van der Waals surface area contributed by atoms with Crippen molar-refractivity contribution in [2.24, 2.45) is 39.7 Å². The molecule has 4 saturated carbocycles. The van der Waals surface area contributed by atoms with E-state index in [0.717, 1.165) is 57.3 Å². The molecule has 4 unspecified atom stereocenters. The van der Waals surface area contributed by atoms with Gasteiger partial charge in [0, 0.05) is 49.2 Å². The number of nitrogens with zero attached hydrogens (tertiary/aromatic N) is 1. The van der Waals surface area contributed by atoms with Crippen LogP contribution in [0.3, 0.4) is 0 Å². The normalized spacial score (nSPS) is 42.3. The Morgan fingerprint density at radius 3 is 2.53 bits per heavy atom. The summed E-state index contributed by atoms with van der Waals surface area (Å²) >= 11 is 0. The van der Waals surface area contributed by atoms with Gasteiger partial charge >= 0.3 is 0 Å². The van der Waals surface area contributed by atoms with Crippen molar-refractivity contribution in [1.29, 1.82) is 0 Å². The van der Waals surface area contributed by atoms with Gasteiger partial charge in [-0.3, -0.25) is 9.59 Å². The van der Waals surface area contributed by atoms with E-state index in [0.29, 0.717) is 55.2 Å². The van der Waals surface area contributed by atoms with E-state index < -0.39 is 8.32 Å². The number of carbonyl (C=O) groups is 2. The highest BCUT2D eigenvalue weighted by molar-refractivity contribution is 6.74. The molecule has 0 radical (unpaired) electrons. The summed E-state index contributed by atoms with van der Waals surface area (Å²) in [6.45, 7) is 16.2. The van der Waals surface area contributed by atoms with Gasteiger partial charge in [0.25, 0.3) is 0 Å². The first kappa shape index (κ1) is 26.5. The van der Waals surface area contributed by atoms with Crippen molar-refractivity contribution in [2.75, 3.05) is 19.7 Å². The molecule has 0 spiro atoms. The van der Waals surface area contributed by atoms with Gasteiger partial charge in [0.05, 0.1) is 5.71 Å². The molecule has 4 aliphatic carbocycles. The van der Waals surface area contributed by atoms with Gasteiger partial charge in [-0.15, -0.1) is 0 Å². The van der Waals surface area contributed by atoms with Crippen LogP contribution in [0, 0.1) is 34.5 Å². The van der Waals surface area contributed by atoms with Gasteiger partial charge in [0.15, 0.2) is 8.32 Å². The maximum Gasteiger partial charge on any atom is 0.192 e. The van der Waals surface area contributed by atoms with Gasteiger partial charge in [-0.05, 0) is 81.0 Å². The van der Waals surface area contributed by atoms with Crippen LogP contribution < -0.4 is 5.32 Å². The average molecular weight is 517 g/mol. The fourth-order valence-electron chi connectivity index (χ4n) is 8.16. The second-order valence-electron chi connectivity index (χ2n) is 14.4. The molecule has 0 amide bonds. The number of fused-ring (bicyclic) bond motifs is 5. The number of carbonyl (C=O) groups excluding carboxylic acids is 2. The molecule has 1 saturated heterocycles. The third-order valence-electron chi connectivity index (χ3n) is 11.6. The minimum Gasteiger partial charge on any atom is -0.416 e. The molecule has 0 bridgehead atoms. The number of oxime groups is 1. The van der Waals surface area contributed by atoms with Crippen molar-refractivity contribution < 1.29 is 18.9 Å². The Morgan fingerprint density at radius 1 is 1.06 bits per heavy atom. The minimum absolute atomic E-state index is 0.0391. The van der Waals surface area contributed by atoms with Gasteiger partial charge in [-0.2, -0.15) is 0 Å². The molecule has 1 N–H and O–H groups in total. The molecule has 7 heteroatoms. The Balaban J connectivity index is 1.44. The quantitative estimate of drug-likeness (QED) is 0.385. The van der Waals surface area contributed by atoms with Crippen molar-refractivity contribution in [3.63, 3.8) is 0 Å². The van der Waals surface area contributed by atoms with Crippen molar-refractivity contribution in [2.45, 2.75) is 110 Å². The van der Waals surface area contributed by atoms with Crippen LogP contribution in [0.2, 0.25) is 18.1 Å². The SMILES string of the molecule is CC(C)(C)[Si](C)(C)OC[C@]12CCC(=NOC3CCNC3)C[C@@H]1C(=O)CC1C2CC[C@]2(C)C(=O)CCC12. The van der Waals surface area contributed by atoms with Gasteiger partial charge in [-0.1, -0.05) is 32.9 Å². The van der Waals surface area contributed by atoms with Crippen molar-refractivity contribution >= 4 is 25.6 Å². The molecule has 202 valence electrons. The molecule has 5 rings (SSSR count). The number of hydrogen-bond acceptors (Lipinski definition) is 6. The van der Waals surface area contributed by atoms with Crippen LogP contribution in [0.25, 0.3) is 0 Å². The summed E-state index contributed by atoms with van der Waals surface area (Å²) in [4.78, 5) is 32.7. The topological polar surface area (TPSA) is 77.0 Å². The first-order valence-electron chi connectivity index (χ1n) is 14.5. The number of hydrogen-bond donors (Lipinski definition) is 1. The first-order chi connectivity index (χ1) is 16.9. The Labute approximate surface area is 218 Å². The van der Waals surface area contributed by atoms with Crippen LogP contribution in [-0.4, -0.2) is 51.4 Å². The van der Waals surface area contributed by atoms with Crippen LogP contribution in [0.15, 0.2) is 5.16 Å². The Hall–Kier alpha value is -1.05. The van der Waals surface area contributed by atoms with Gasteiger partial charge in [0.2, 0.25) is 0 Å². The molecular weight excluding hydrogens is 468 g/mol. The van der Waals surface area contributed by atoms with Gasteiger partial charge < -0.3 is 14.6 Å². The molecule has 5 aliphatic rings. The van der Waals surface area contributed by atoms with Gasteiger partial charge in [-0.25, -0.2) is 0 Å². The summed E-state index contributed by atoms with van der Waals surface area (Å²) < 4.78 is 6.97. The molecule has 0 aromatic carbocycles. The number of nitrogens with one attached hydrogen (secondary N) is 1. The average Bonchev–Trinajstić information content (AvgIpc) is 3.44. The molecule has 36 heavy (non-hydrogen) atoms. The highest BCUT2D eigenvalue weighted by Gasteiger charge is 2.64. The highest BCUT2D eigenvalue weighted by Crippen LogP contribution is 2.65. The fraction of sp³-hybridized carbons (Fsp3) is 0.897. The zero-order valence-electron chi connectivity index (χ0n) is 23.5. The molecule has 1 aliphatic heterocycles. The van der Waals surface area contributed by atoms with Crippen LogP contribution in [0.4, 0.5) is 0 Å². The maximum absolute atomic E-state index is 14.0. The Bertz CT molecular complexity index is 921. The van der Waals surface area contributed by atoms with Crippen LogP contribution in [0.5, 0.6) is 0 Å². The number of ketones is 2. The zero-order chi connectivity index (χ0) is 25.9. The van der Waals surface area contributed by atoms with E-state index in [1.165, 1.54) is 0 Å². The predicted octanol–water partition coefficient (Wildman–Crippen LogP) is 5.51. The maximum atomic E-state index is 14.0. The molecule has 0 aromatic heterocycles. The summed E-state index contributed by atoms with van der Waals surface area (Å²) in [5.74, 6) is 1.91. The summed E-state index contributed by atoms with van der Waals surface area (Å²) in [7, 11) is -1.98. The summed E-state index contributed by atoms with van der Waals surface area (Å²) in [6, 6.07) is 0. The second kappa shape index (κ2) is 9.30. The van der Waals surface area contributed by atoms with Crippen molar-refractivity contribution in [3.05, 3.63) is 0 Å². The van der Waals surface area contributed by atoms with E-state index in [9.17, 15) is 9.59 Å². The molecule has 7 atom stereocenters. The van der Waals surface area contributed by atoms with E-state index in [4.69, 9.17) is 9.26 Å². The molecular formula is C29H48N2O4Si. The molecule has 0 aromatic rings. The second-order valence-corrected chi connectivity index (χ2v) is 19.2. The van der Waals surface area contributed by atoms with E-state index in [1.807, 2.05) is 0 Å². The lowest BCUT2D eigenvalue weighted by Crippen LogP contribution is -2.60. The minimum atomic E-state index is -1.98. The van der Waals surface area contributed by atoms with Gasteiger partial charge in [0.1, 0.15) is 17.7 Å². The summed E-state index contributed by atoms with van der Waals surface area (Å²) in [6.07, 6.45) is 7.99. The van der Waals surface area contributed by atoms with Crippen LogP contribution in [0.1, 0.15) is 85.5 Å². The predicted molar refractivity (Wildman–Crippen MR) is 144 cm³/mol. The van der Waals surface area contributed by atoms with E-state index >= 15 is 0 Å². The summed E-state index contributed by atoms with van der Waals surface area (Å²) in [5.41, 5.74) is 0.690. The zero-order valence-corrected chi connectivity index (χ0v) is 24.5. The first-order valence-corrected chi connectivity index (χ1v) is 17.4. The Morgan fingerprint density at radius 2 is 1.83 bits per heavy atom. The lowest BCUT2D eigenvalue weighted by atomic mass is 9.44. The molecule has 5 fully saturated rings. The lowest BCUT2D eigenvalue weighted by molar-refractivity contribution is -0.160. The van der Waals surface area contributed by atoms with Crippen LogP contribution >= 0.6 is 0 Å². The molecule has 1 heterocycles. The fourth-order valence-corrected chi connectivity index (χ4v) is 9.23. The number of Topliss-reactive ketones (excluding diaryl/α,β-unsaturated/α-hetero) is 2. The summed E-state index contributed by atoms with van der Waals surface area (Å²) in [5, 5.41) is 8.06. The largest absolute Gasteiger partial charge is 0.416 e.